The van der Waals surface area contributed by atoms with Crippen LogP contribution in [0, 0.1) is 5.82 Å². The lowest BCUT2D eigenvalue weighted by molar-refractivity contribution is 0.0593. The first-order valence-corrected chi connectivity index (χ1v) is 5.61. The number of esters is 1. The number of anilines is 2. The van der Waals surface area contributed by atoms with Gasteiger partial charge in [0.1, 0.15) is 11.6 Å². The van der Waals surface area contributed by atoms with E-state index in [2.05, 4.69) is 20.0 Å². The highest BCUT2D eigenvalue weighted by atomic mass is 35.5. The van der Waals surface area contributed by atoms with Crippen molar-refractivity contribution in [3.63, 3.8) is 0 Å². The lowest BCUT2D eigenvalue weighted by Crippen LogP contribution is -2.06. The van der Waals surface area contributed by atoms with Crippen LogP contribution in [0.1, 0.15) is 10.5 Å². The van der Waals surface area contributed by atoms with Crippen molar-refractivity contribution in [2.24, 2.45) is 0 Å². The maximum Gasteiger partial charge on any atom is 0.358 e. The Hall–Kier alpha value is -2.21. The second-order valence-corrected chi connectivity index (χ2v) is 3.91. The second-order valence-electron chi connectivity index (χ2n) is 3.50. The van der Waals surface area contributed by atoms with Crippen molar-refractivity contribution in [1.29, 1.82) is 0 Å². The first-order valence-electron chi connectivity index (χ1n) is 5.23. The number of carbonyl (C=O) groups excluding carboxylic acids is 1. The molecule has 0 aliphatic carbocycles. The van der Waals surface area contributed by atoms with E-state index in [1.165, 1.54) is 31.6 Å². The van der Waals surface area contributed by atoms with Gasteiger partial charge in [0.05, 0.1) is 30.2 Å². The van der Waals surface area contributed by atoms with Crippen molar-refractivity contribution in [2.75, 3.05) is 12.4 Å². The van der Waals surface area contributed by atoms with Gasteiger partial charge in [-0.25, -0.2) is 19.2 Å². The molecule has 1 aromatic heterocycles. The summed E-state index contributed by atoms with van der Waals surface area (Å²) in [5, 5.41) is 2.91. The Morgan fingerprint density at radius 1 is 1.37 bits per heavy atom. The number of carbonyl (C=O) groups is 1. The Bertz CT molecular complexity index is 584. The van der Waals surface area contributed by atoms with Gasteiger partial charge in [-0.05, 0) is 12.1 Å². The fourth-order valence-corrected chi connectivity index (χ4v) is 1.56. The van der Waals surface area contributed by atoms with E-state index < -0.39 is 11.8 Å². The number of rotatable bonds is 3. The summed E-state index contributed by atoms with van der Waals surface area (Å²) in [6.07, 6.45) is 2.51. The number of nitrogens with zero attached hydrogens (tertiary/aromatic N) is 2. The first-order chi connectivity index (χ1) is 9.11. The Labute approximate surface area is 113 Å². The van der Waals surface area contributed by atoms with Crippen LogP contribution in [0.4, 0.5) is 15.9 Å². The maximum atomic E-state index is 13.5. The minimum absolute atomic E-state index is 0.0627. The van der Waals surface area contributed by atoms with Gasteiger partial charge in [-0.1, -0.05) is 17.7 Å². The number of methoxy groups -OCH3 is 1. The third-order valence-corrected chi connectivity index (χ3v) is 2.58. The number of para-hydroxylation sites is 1. The number of hydrogen-bond acceptors (Lipinski definition) is 5. The van der Waals surface area contributed by atoms with Crippen molar-refractivity contribution in [2.45, 2.75) is 0 Å². The minimum atomic E-state index is -0.594. The van der Waals surface area contributed by atoms with E-state index in [-0.39, 0.29) is 22.2 Å². The summed E-state index contributed by atoms with van der Waals surface area (Å²) in [6.45, 7) is 0. The monoisotopic (exact) mass is 281 g/mol. The molecule has 7 heteroatoms. The number of benzene rings is 1. The van der Waals surface area contributed by atoms with Crippen molar-refractivity contribution in [3.05, 3.63) is 47.1 Å². The van der Waals surface area contributed by atoms with Gasteiger partial charge in [-0.3, -0.25) is 0 Å². The summed E-state index contributed by atoms with van der Waals surface area (Å²) >= 11 is 5.86. The molecule has 1 heterocycles. The van der Waals surface area contributed by atoms with Crippen molar-refractivity contribution >= 4 is 29.1 Å². The molecule has 2 aromatic rings. The zero-order chi connectivity index (χ0) is 13.8. The lowest BCUT2D eigenvalue weighted by Gasteiger charge is -2.08. The molecular weight excluding hydrogens is 273 g/mol. The quantitative estimate of drug-likeness (QED) is 0.877. The van der Waals surface area contributed by atoms with Crippen LogP contribution in [0.15, 0.2) is 30.6 Å². The molecule has 0 spiro atoms. The van der Waals surface area contributed by atoms with Gasteiger partial charge >= 0.3 is 5.97 Å². The third-order valence-electron chi connectivity index (χ3n) is 2.26. The molecule has 1 aromatic carbocycles. The molecule has 0 aliphatic heterocycles. The molecule has 0 radical (unpaired) electrons. The van der Waals surface area contributed by atoms with Gasteiger partial charge in [0.25, 0.3) is 0 Å². The van der Waals surface area contributed by atoms with Crippen LogP contribution >= 0.6 is 11.6 Å². The predicted octanol–water partition coefficient (Wildman–Crippen LogP) is 2.80. The van der Waals surface area contributed by atoms with E-state index >= 15 is 0 Å². The average Bonchev–Trinajstić information content (AvgIpc) is 2.43. The highest BCUT2D eigenvalue weighted by Gasteiger charge is 2.10. The summed E-state index contributed by atoms with van der Waals surface area (Å²) in [6, 6.07) is 4.31. The normalized spacial score (nSPS) is 10.1. The van der Waals surface area contributed by atoms with Gasteiger partial charge in [0.2, 0.25) is 0 Å². The SMILES string of the molecule is COC(=O)c1cnc(Nc2c(F)cccc2Cl)cn1. The van der Waals surface area contributed by atoms with Gasteiger partial charge in [-0.2, -0.15) is 0 Å². The fourth-order valence-electron chi connectivity index (χ4n) is 1.35. The number of nitrogens with one attached hydrogen (secondary N) is 1. The van der Waals surface area contributed by atoms with E-state index in [9.17, 15) is 9.18 Å². The van der Waals surface area contributed by atoms with Crippen molar-refractivity contribution in [3.8, 4) is 0 Å². The van der Waals surface area contributed by atoms with E-state index in [1.54, 1.807) is 6.07 Å². The Morgan fingerprint density at radius 3 is 2.74 bits per heavy atom. The molecule has 0 unspecified atom stereocenters. The predicted molar refractivity (Wildman–Crippen MR) is 68.1 cm³/mol. The summed E-state index contributed by atoms with van der Waals surface area (Å²) in [5.41, 5.74) is 0.164. The standard InChI is InChI=1S/C12H9ClFN3O2/c1-19-12(18)9-5-16-10(6-15-9)17-11-7(13)3-2-4-8(11)14/h2-6H,1H3,(H,16,17). The molecule has 0 bridgehead atoms. The van der Waals surface area contributed by atoms with Crippen LogP contribution < -0.4 is 5.32 Å². The first kappa shape index (κ1) is 13.2. The Balaban J connectivity index is 2.22. The Kier molecular flexibility index (Phi) is 3.91. The van der Waals surface area contributed by atoms with Crippen molar-refractivity contribution in [1.82, 2.24) is 9.97 Å². The largest absolute Gasteiger partial charge is 0.464 e. The number of hydrogen-bond donors (Lipinski definition) is 1. The van der Waals surface area contributed by atoms with Crippen molar-refractivity contribution < 1.29 is 13.9 Å². The van der Waals surface area contributed by atoms with Crippen LogP contribution in [0.3, 0.4) is 0 Å². The molecule has 0 aliphatic rings. The molecule has 5 nitrogen and oxygen atoms in total. The molecule has 0 saturated carbocycles. The smallest absolute Gasteiger partial charge is 0.358 e. The van der Waals surface area contributed by atoms with Crippen LogP contribution in [0.5, 0.6) is 0 Å². The van der Waals surface area contributed by atoms with Crippen LogP contribution in [0.25, 0.3) is 0 Å². The summed E-state index contributed by atoms with van der Waals surface area (Å²) in [4.78, 5) is 18.9. The lowest BCUT2D eigenvalue weighted by atomic mass is 10.3. The molecule has 19 heavy (non-hydrogen) atoms. The average molecular weight is 282 g/mol. The molecule has 0 amide bonds. The van der Waals surface area contributed by atoms with Gasteiger partial charge < -0.3 is 10.1 Å². The number of aromatic nitrogens is 2. The fraction of sp³-hybridized carbons (Fsp3) is 0.0833. The Morgan fingerprint density at radius 2 is 2.16 bits per heavy atom. The van der Waals surface area contributed by atoms with Crippen LogP contribution in [0.2, 0.25) is 5.02 Å². The van der Waals surface area contributed by atoms with Crippen LogP contribution in [-0.4, -0.2) is 23.0 Å². The van der Waals surface area contributed by atoms with E-state index in [1.807, 2.05) is 0 Å². The number of halogens is 2. The van der Waals surface area contributed by atoms with Gasteiger partial charge in [0, 0.05) is 0 Å². The summed E-state index contributed by atoms with van der Waals surface area (Å²) in [5.74, 6) is -0.839. The molecule has 1 N–H and O–H groups in total. The molecule has 2 rings (SSSR count). The third kappa shape index (κ3) is 2.97. The second kappa shape index (κ2) is 5.62. The van der Waals surface area contributed by atoms with Crippen LogP contribution in [-0.2, 0) is 4.74 Å². The summed E-state index contributed by atoms with van der Waals surface area (Å²) < 4.78 is 18.0. The minimum Gasteiger partial charge on any atom is -0.464 e. The molecule has 0 fully saturated rings. The van der Waals surface area contributed by atoms with E-state index in [0.717, 1.165) is 0 Å². The summed E-state index contributed by atoms with van der Waals surface area (Å²) in [7, 11) is 1.25. The topological polar surface area (TPSA) is 64.1 Å². The molecule has 98 valence electrons. The highest BCUT2D eigenvalue weighted by Crippen LogP contribution is 2.26. The zero-order valence-corrected chi connectivity index (χ0v) is 10.6. The molecule has 0 atom stereocenters. The molecular formula is C12H9ClFN3O2. The van der Waals surface area contributed by atoms with Gasteiger partial charge in [-0.15, -0.1) is 0 Å². The van der Waals surface area contributed by atoms with Gasteiger partial charge in [0.15, 0.2) is 5.69 Å². The molecule has 0 saturated heterocycles. The maximum absolute atomic E-state index is 13.5. The van der Waals surface area contributed by atoms with E-state index in [0.29, 0.717) is 0 Å². The zero-order valence-electron chi connectivity index (χ0n) is 9.85. The number of ether oxygens (including phenoxy) is 1. The highest BCUT2D eigenvalue weighted by molar-refractivity contribution is 6.33. The van der Waals surface area contributed by atoms with E-state index in [4.69, 9.17) is 11.6 Å².